The maximum atomic E-state index is 11.6. The van der Waals surface area contributed by atoms with Crippen molar-refractivity contribution < 1.29 is 9.53 Å². The van der Waals surface area contributed by atoms with E-state index in [2.05, 4.69) is 5.32 Å². The van der Waals surface area contributed by atoms with Crippen LogP contribution in [0.25, 0.3) is 0 Å². The highest BCUT2D eigenvalue weighted by Crippen LogP contribution is 2.25. The van der Waals surface area contributed by atoms with Crippen LogP contribution in [0.1, 0.15) is 19.3 Å². The van der Waals surface area contributed by atoms with E-state index in [4.69, 9.17) is 10.5 Å². The van der Waals surface area contributed by atoms with Gasteiger partial charge in [0.15, 0.2) is 0 Å². The van der Waals surface area contributed by atoms with E-state index in [9.17, 15) is 4.79 Å². The van der Waals surface area contributed by atoms with Crippen LogP contribution in [-0.4, -0.2) is 31.7 Å². The zero-order valence-corrected chi connectivity index (χ0v) is 8.37. The Hall–Kier alpha value is -0.610. The molecule has 0 aromatic rings. The summed E-state index contributed by atoms with van der Waals surface area (Å²) in [5, 5.41) is 2.96. The number of amides is 1. The molecular weight excluding hydrogens is 180 g/mol. The molecule has 2 aliphatic rings. The molecule has 0 bridgehead atoms. The minimum Gasteiger partial charge on any atom is -0.379 e. The summed E-state index contributed by atoms with van der Waals surface area (Å²) >= 11 is 0. The van der Waals surface area contributed by atoms with E-state index in [-0.39, 0.29) is 17.9 Å². The van der Waals surface area contributed by atoms with Crippen molar-refractivity contribution in [2.45, 2.75) is 25.3 Å². The van der Waals surface area contributed by atoms with Gasteiger partial charge in [-0.25, -0.2) is 0 Å². The number of rotatable bonds is 3. The van der Waals surface area contributed by atoms with Gasteiger partial charge in [0.05, 0.1) is 19.1 Å². The van der Waals surface area contributed by atoms with Crippen molar-refractivity contribution in [1.82, 2.24) is 5.32 Å². The average Bonchev–Trinajstić information content (AvgIpc) is 2.48. The summed E-state index contributed by atoms with van der Waals surface area (Å²) in [6, 6.07) is -0.114. The molecule has 0 radical (unpaired) electrons. The van der Waals surface area contributed by atoms with Gasteiger partial charge in [0.2, 0.25) is 5.91 Å². The number of carbonyl (C=O) groups is 1. The molecule has 1 amide bonds. The Morgan fingerprint density at radius 3 is 2.71 bits per heavy atom. The molecule has 2 fully saturated rings. The van der Waals surface area contributed by atoms with Crippen LogP contribution in [0, 0.1) is 11.8 Å². The zero-order chi connectivity index (χ0) is 9.97. The lowest BCUT2D eigenvalue weighted by Gasteiger charge is -2.26. The predicted octanol–water partition coefficient (Wildman–Crippen LogP) is -0.124. The van der Waals surface area contributed by atoms with Crippen LogP contribution in [0.4, 0.5) is 0 Å². The van der Waals surface area contributed by atoms with Gasteiger partial charge in [-0.2, -0.15) is 0 Å². The molecule has 0 aromatic heterocycles. The lowest BCUT2D eigenvalue weighted by molar-refractivity contribution is -0.125. The van der Waals surface area contributed by atoms with Crippen LogP contribution in [0.5, 0.6) is 0 Å². The normalized spacial score (nSPS) is 32.6. The molecule has 1 aliphatic carbocycles. The van der Waals surface area contributed by atoms with Crippen molar-refractivity contribution in [1.29, 1.82) is 0 Å². The average molecular weight is 198 g/mol. The third-order valence-electron chi connectivity index (χ3n) is 3.25. The van der Waals surface area contributed by atoms with Crippen LogP contribution >= 0.6 is 0 Å². The second-order valence-electron chi connectivity index (χ2n) is 4.35. The van der Waals surface area contributed by atoms with Gasteiger partial charge in [-0.15, -0.1) is 0 Å². The number of nitrogens with two attached hydrogens (primary N) is 1. The molecule has 0 aromatic carbocycles. The lowest BCUT2D eigenvalue weighted by Crippen LogP contribution is -2.43. The Morgan fingerprint density at radius 2 is 2.21 bits per heavy atom. The van der Waals surface area contributed by atoms with Gasteiger partial charge in [0.25, 0.3) is 0 Å². The van der Waals surface area contributed by atoms with Gasteiger partial charge in [-0.05, 0) is 18.8 Å². The van der Waals surface area contributed by atoms with Crippen molar-refractivity contribution in [3.8, 4) is 0 Å². The molecule has 4 nitrogen and oxygen atoms in total. The van der Waals surface area contributed by atoms with Gasteiger partial charge in [0.1, 0.15) is 0 Å². The van der Waals surface area contributed by atoms with E-state index in [0.717, 1.165) is 6.54 Å². The van der Waals surface area contributed by atoms with Crippen LogP contribution in [-0.2, 0) is 9.53 Å². The van der Waals surface area contributed by atoms with Crippen molar-refractivity contribution in [2.75, 3.05) is 19.8 Å². The summed E-state index contributed by atoms with van der Waals surface area (Å²) in [6.07, 6.45) is 3.83. The third kappa shape index (κ3) is 2.07. The van der Waals surface area contributed by atoms with E-state index in [1.165, 1.54) is 19.3 Å². The van der Waals surface area contributed by atoms with Crippen molar-refractivity contribution in [3.05, 3.63) is 0 Å². The molecule has 3 N–H and O–H groups in total. The standard InChI is InChI=1S/C10H18N2O2/c11-9-6-14-5-8(9)10(13)12-4-7-2-1-3-7/h7-9H,1-6,11H2,(H,12,13). The summed E-state index contributed by atoms with van der Waals surface area (Å²) in [6.45, 7) is 1.82. The van der Waals surface area contributed by atoms with E-state index in [1.807, 2.05) is 0 Å². The highest BCUT2D eigenvalue weighted by atomic mass is 16.5. The van der Waals surface area contributed by atoms with Gasteiger partial charge < -0.3 is 15.8 Å². The van der Waals surface area contributed by atoms with Gasteiger partial charge in [-0.3, -0.25) is 4.79 Å². The summed E-state index contributed by atoms with van der Waals surface area (Å²) in [5.41, 5.74) is 5.75. The number of hydrogen-bond donors (Lipinski definition) is 2. The fourth-order valence-corrected chi connectivity index (χ4v) is 1.91. The molecule has 14 heavy (non-hydrogen) atoms. The number of nitrogens with one attached hydrogen (secondary N) is 1. The topological polar surface area (TPSA) is 64.3 Å². The first-order chi connectivity index (χ1) is 6.77. The van der Waals surface area contributed by atoms with Crippen LogP contribution in [0.3, 0.4) is 0 Å². The first kappa shape index (κ1) is 9.93. The Labute approximate surface area is 84.2 Å². The van der Waals surface area contributed by atoms with Crippen LogP contribution in [0.2, 0.25) is 0 Å². The number of hydrogen-bond acceptors (Lipinski definition) is 3. The highest BCUT2D eigenvalue weighted by Gasteiger charge is 2.31. The summed E-state index contributed by atoms with van der Waals surface area (Å²) in [7, 11) is 0. The van der Waals surface area contributed by atoms with Crippen molar-refractivity contribution >= 4 is 5.91 Å². The molecule has 1 saturated heterocycles. The first-order valence-electron chi connectivity index (χ1n) is 5.38. The summed E-state index contributed by atoms with van der Waals surface area (Å²) in [4.78, 5) is 11.6. The van der Waals surface area contributed by atoms with Gasteiger partial charge in [0, 0.05) is 12.6 Å². The second kappa shape index (κ2) is 4.28. The maximum Gasteiger partial charge on any atom is 0.227 e. The summed E-state index contributed by atoms with van der Waals surface area (Å²) in [5.74, 6) is 0.648. The van der Waals surface area contributed by atoms with E-state index < -0.39 is 0 Å². The largest absolute Gasteiger partial charge is 0.379 e. The molecular formula is C10H18N2O2. The fourth-order valence-electron chi connectivity index (χ4n) is 1.91. The predicted molar refractivity (Wildman–Crippen MR) is 52.6 cm³/mol. The molecule has 1 saturated carbocycles. The molecule has 4 heteroatoms. The van der Waals surface area contributed by atoms with Crippen LogP contribution < -0.4 is 11.1 Å². The molecule has 80 valence electrons. The number of ether oxygens (including phenoxy) is 1. The smallest absolute Gasteiger partial charge is 0.227 e. The Bertz CT molecular complexity index is 216. The Morgan fingerprint density at radius 1 is 1.43 bits per heavy atom. The molecule has 2 rings (SSSR count). The molecule has 1 aliphatic heterocycles. The Kier molecular flexibility index (Phi) is 3.03. The molecule has 0 spiro atoms. The zero-order valence-electron chi connectivity index (χ0n) is 8.37. The minimum atomic E-state index is -0.130. The van der Waals surface area contributed by atoms with Gasteiger partial charge in [-0.1, -0.05) is 6.42 Å². The van der Waals surface area contributed by atoms with E-state index >= 15 is 0 Å². The minimum absolute atomic E-state index is 0.0712. The van der Waals surface area contributed by atoms with Crippen molar-refractivity contribution in [3.63, 3.8) is 0 Å². The van der Waals surface area contributed by atoms with Gasteiger partial charge >= 0.3 is 0 Å². The quantitative estimate of drug-likeness (QED) is 0.664. The fraction of sp³-hybridized carbons (Fsp3) is 0.900. The van der Waals surface area contributed by atoms with Crippen LogP contribution in [0.15, 0.2) is 0 Å². The highest BCUT2D eigenvalue weighted by molar-refractivity contribution is 5.79. The van der Waals surface area contributed by atoms with E-state index in [1.54, 1.807) is 0 Å². The van der Waals surface area contributed by atoms with E-state index in [0.29, 0.717) is 19.1 Å². The second-order valence-corrected chi connectivity index (χ2v) is 4.35. The monoisotopic (exact) mass is 198 g/mol. The molecule has 2 atom stereocenters. The third-order valence-corrected chi connectivity index (χ3v) is 3.25. The summed E-state index contributed by atoms with van der Waals surface area (Å²) < 4.78 is 5.15. The molecule has 1 heterocycles. The lowest BCUT2D eigenvalue weighted by atomic mass is 9.85. The van der Waals surface area contributed by atoms with Crippen molar-refractivity contribution in [2.24, 2.45) is 17.6 Å². The first-order valence-corrected chi connectivity index (χ1v) is 5.38. The Balaban J connectivity index is 1.71. The maximum absolute atomic E-state index is 11.6. The SMILES string of the molecule is NC1COCC1C(=O)NCC1CCC1. The number of carbonyl (C=O) groups excluding carboxylic acids is 1. The molecule has 2 unspecified atom stereocenters.